The number of benzene rings is 1. The number of rotatable bonds is 6. The Morgan fingerprint density at radius 2 is 1.91 bits per heavy atom. The minimum Gasteiger partial charge on any atom is -0.497 e. The summed E-state index contributed by atoms with van der Waals surface area (Å²) in [6.45, 7) is 2.20. The average Bonchev–Trinajstić information content (AvgIpc) is 3.35. The first-order valence-electron chi connectivity index (χ1n) is 8.38. The van der Waals surface area contributed by atoms with Crippen LogP contribution in [-0.2, 0) is 10.3 Å². The molecular formula is C18H27ClN2O2. The summed E-state index contributed by atoms with van der Waals surface area (Å²) in [5.74, 6) is 1.77. The molecular weight excluding hydrogens is 312 g/mol. The third-order valence-corrected chi connectivity index (χ3v) is 5.01. The monoisotopic (exact) mass is 338 g/mol. The number of piperidine rings is 1. The fourth-order valence-electron chi connectivity index (χ4n) is 3.36. The Morgan fingerprint density at radius 1 is 1.26 bits per heavy atom. The van der Waals surface area contributed by atoms with E-state index in [1.54, 1.807) is 7.11 Å². The van der Waals surface area contributed by atoms with Crippen molar-refractivity contribution < 1.29 is 9.53 Å². The summed E-state index contributed by atoms with van der Waals surface area (Å²) in [6.07, 6.45) is 6.17. The third-order valence-electron chi connectivity index (χ3n) is 5.01. The van der Waals surface area contributed by atoms with E-state index < -0.39 is 0 Å². The molecule has 1 heterocycles. The summed E-state index contributed by atoms with van der Waals surface area (Å²) >= 11 is 0. The van der Waals surface area contributed by atoms with Crippen molar-refractivity contribution in [2.24, 2.45) is 5.92 Å². The molecule has 0 radical (unpaired) electrons. The van der Waals surface area contributed by atoms with Gasteiger partial charge >= 0.3 is 0 Å². The number of halogens is 1. The number of nitrogens with one attached hydrogen (secondary N) is 2. The lowest BCUT2D eigenvalue weighted by molar-refractivity contribution is -0.122. The molecule has 1 aromatic carbocycles. The zero-order chi connectivity index (χ0) is 15.4. The minimum atomic E-state index is -0.114. The van der Waals surface area contributed by atoms with Gasteiger partial charge in [-0.25, -0.2) is 0 Å². The maximum absolute atomic E-state index is 12.3. The van der Waals surface area contributed by atoms with Crippen LogP contribution in [0.25, 0.3) is 0 Å². The molecule has 5 heteroatoms. The largest absolute Gasteiger partial charge is 0.497 e. The summed E-state index contributed by atoms with van der Waals surface area (Å²) in [5, 5.41) is 6.64. The van der Waals surface area contributed by atoms with Gasteiger partial charge in [0, 0.05) is 6.42 Å². The molecule has 0 spiro atoms. The van der Waals surface area contributed by atoms with E-state index in [0.29, 0.717) is 12.3 Å². The predicted octanol–water partition coefficient (Wildman–Crippen LogP) is 3.00. The van der Waals surface area contributed by atoms with Crippen molar-refractivity contribution in [1.82, 2.24) is 10.6 Å². The van der Waals surface area contributed by atoms with E-state index in [0.717, 1.165) is 38.1 Å². The van der Waals surface area contributed by atoms with Crippen LogP contribution in [0, 0.1) is 5.92 Å². The van der Waals surface area contributed by atoms with Crippen LogP contribution >= 0.6 is 12.4 Å². The van der Waals surface area contributed by atoms with Crippen molar-refractivity contribution >= 4 is 18.3 Å². The Kier molecular flexibility index (Phi) is 6.31. The van der Waals surface area contributed by atoms with Crippen molar-refractivity contribution in [3.63, 3.8) is 0 Å². The lowest BCUT2D eigenvalue weighted by Crippen LogP contribution is -2.35. The maximum atomic E-state index is 12.3. The molecule has 23 heavy (non-hydrogen) atoms. The van der Waals surface area contributed by atoms with Crippen molar-refractivity contribution in [3.8, 4) is 5.75 Å². The standard InChI is InChI=1S/C18H26N2O2.ClH/c1-22-16-5-3-15(4-6-16)18(10-11-18)20-17(21)7-2-14-8-12-19-13-9-14;/h3-6,14,19H,2,7-13H2,1H3,(H,20,21);1H. The summed E-state index contributed by atoms with van der Waals surface area (Å²) in [4.78, 5) is 12.3. The summed E-state index contributed by atoms with van der Waals surface area (Å²) in [7, 11) is 1.67. The molecule has 2 N–H and O–H groups in total. The molecule has 0 bridgehead atoms. The second kappa shape index (κ2) is 8.02. The number of hydrogen-bond acceptors (Lipinski definition) is 3. The highest BCUT2D eigenvalue weighted by Crippen LogP contribution is 2.45. The number of carbonyl (C=O) groups excluding carboxylic acids is 1. The first-order chi connectivity index (χ1) is 10.7. The molecule has 1 saturated heterocycles. The van der Waals surface area contributed by atoms with Gasteiger partial charge in [-0.3, -0.25) is 4.79 Å². The quantitative estimate of drug-likeness (QED) is 0.838. The third kappa shape index (κ3) is 4.61. The predicted molar refractivity (Wildman–Crippen MR) is 94.1 cm³/mol. The maximum Gasteiger partial charge on any atom is 0.220 e. The molecule has 1 amide bonds. The van der Waals surface area contributed by atoms with E-state index in [1.165, 1.54) is 18.4 Å². The number of methoxy groups -OCH3 is 1. The zero-order valence-corrected chi connectivity index (χ0v) is 14.6. The van der Waals surface area contributed by atoms with E-state index in [-0.39, 0.29) is 23.9 Å². The molecule has 3 rings (SSSR count). The highest BCUT2D eigenvalue weighted by Gasteiger charge is 2.45. The number of hydrogen-bond donors (Lipinski definition) is 2. The topological polar surface area (TPSA) is 50.4 Å². The molecule has 2 aliphatic rings. The molecule has 1 saturated carbocycles. The smallest absolute Gasteiger partial charge is 0.220 e. The second-order valence-electron chi connectivity index (χ2n) is 6.59. The Balaban J connectivity index is 0.00000192. The van der Waals surface area contributed by atoms with Gasteiger partial charge in [0.2, 0.25) is 5.91 Å². The van der Waals surface area contributed by atoms with Crippen LogP contribution in [0.3, 0.4) is 0 Å². The fraction of sp³-hybridized carbons (Fsp3) is 0.611. The number of ether oxygens (including phenoxy) is 1. The molecule has 0 unspecified atom stereocenters. The van der Waals surface area contributed by atoms with Gasteiger partial charge in [0.1, 0.15) is 5.75 Å². The van der Waals surface area contributed by atoms with Crippen LogP contribution in [0.15, 0.2) is 24.3 Å². The van der Waals surface area contributed by atoms with Gasteiger partial charge in [-0.15, -0.1) is 12.4 Å². The van der Waals surface area contributed by atoms with Crippen molar-refractivity contribution in [2.45, 2.75) is 44.1 Å². The Bertz CT molecular complexity index is 508. The lowest BCUT2D eigenvalue weighted by atomic mass is 9.93. The van der Waals surface area contributed by atoms with E-state index in [1.807, 2.05) is 12.1 Å². The van der Waals surface area contributed by atoms with Gasteiger partial charge in [0.25, 0.3) is 0 Å². The SMILES string of the molecule is COc1ccc(C2(NC(=O)CCC3CCNCC3)CC2)cc1.Cl. The summed E-state index contributed by atoms with van der Waals surface area (Å²) in [6, 6.07) is 8.07. The van der Waals surface area contributed by atoms with E-state index >= 15 is 0 Å². The number of amides is 1. The molecule has 4 nitrogen and oxygen atoms in total. The van der Waals surface area contributed by atoms with Crippen LogP contribution in [0.5, 0.6) is 5.75 Å². The average molecular weight is 339 g/mol. The highest BCUT2D eigenvalue weighted by molar-refractivity contribution is 5.85. The Labute approximate surface area is 144 Å². The van der Waals surface area contributed by atoms with Crippen LogP contribution in [0.2, 0.25) is 0 Å². The van der Waals surface area contributed by atoms with Gasteiger partial charge in [-0.2, -0.15) is 0 Å². The zero-order valence-electron chi connectivity index (χ0n) is 13.8. The molecule has 1 aromatic rings. The molecule has 1 aliphatic carbocycles. The van der Waals surface area contributed by atoms with Crippen LogP contribution < -0.4 is 15.4 Å². The molecule has 0 atom stereocenters. The van der Waals surface area contributed by atoms with Crippen molar-refractivity contribution in [2.75, 3.05) is 20.2 Å². The first kappa shape index (κ1) is 18.1. The molecule has 1 aliphatic heterocycles. The summed E-state index contributed by atoms with van der Waals surface area (Å²) in [5.41, 5.74) is 1.08. The second-order valence-corrected chi connectivity index (χ2v) is 6.59. The van der Waals surface area contributed by atoms with Gasteiger partial charge in [-0.05, 0) is 68.8 Å². The number of carbonyl (C=O) groups is 1. The minimum absolute atomic E-state index is 0. The fourth-order valence-corrected chi connectivity index (χ4v) is 3.36. The molecule has 2 fully saturated rings. The highest BCUT2D eigenvalue weighted by atomic mass is 35.5. The van der Waals surface area contributed by atoms with E-state index in [2.05, 4.69) is 22.8 Å². The normalized spacial score (nSPS) is 19.5. The van der Waals surface area contributed by atoms with Crippen LogP contribution in [0.1, 0.15) is 44.1 Å². The van der Waals surface area contributed by atoms with E-state index in [9.17, 15) is 4.79 Å². The molecule has 0 aromatic heterocycles. The lowest BCUT2D eigenvalue weighted by Gasteiger charge is -2.23. The summed E-state index contributed by atoms with van der Waals surface area (Å²) < 4.78 is 5.20. The van der Waals surface area contributed by atoms with Gasteiger partial charge in [-0.1, -0.05) is 12.1 Å². The van der Waals surface area contributed by atoms with Gasteiger partial charge < -0.3 is 15.4 Å². The van der Waals surface area contributed by atoms with E-state index in [4.69, 9.17) is 4.74 Å². The van der Waals surface area contributed by atoms with Crippen LogP contribution in [-0.4, -0.2) is 26.1 Å². The first-order valence-corrected chi connectivity index (χ1v) is 8.38. The van der Waals surface area contributed by atoms with Crippen molar-refractivity contribution in [1.29, 1.82) is 0 Å². The van der Waals surface area contributed by atoms with Gasteiger partial charge in [0.15, 0.2) is 0 Å². The Morgan fingerprint density at radius 3 is 2.48 bits per heavy atom. The molecule has 128 valence electrons. The van der Waals surface area contributed by atoms with Gasteiger partial charge in [0.05, 0.1) is 12.6 Å². The van der Waals surface area contributed by atoms with Crippen LogP contribution in [0.4, 0.5) is 0 Å². The Hall–Kier alpha value is -1.26. The van der Waals surface area contributed by atoms with Crippen molar-refractivity contribution in [3.05, 3.63) is 29.8 Å².